The first kappa shape index (κ1) is 14.3. The van der Waals surface area contributed by atoms with E-state index >= 15 is 0 Å². The van der Waals surface area contributed by atoms with Gasteiger partial charge in [0.15, 0.2) is 0 Å². The Hall–Kier alpha value is -1.16. The molecule has 0 spiro atoms. The van der Waals surface area contributed by atoms with Gasteiger partial charge in [-0.1, -0.05) is 30.1 Å². The molecule has 1 aromatic heterocycles. The predicted octanol–water partition coefficient (Wildman–Crippen LogP) is 3.79. The molecule has 0 bridgehead atoms. The van der Waals surface area contributed by atoms with Gasteiger partial charge in [-0.2, -0.15) is 0 Å². The molecule has 19 heavy (non-hydrogen) atoms. The number of rotatable bonds is 4. The van der Waals surface area contributed by atoms with Crippen LogP contribution in [0.3, 0.4) is 0 Å². The Morgan fingerprint density at radius 3 is 2.53 bits per heavy atom. The van der Waals surface area contributed by atoms with Crippen LogP contribution in [-0.2, 0) is 0 Å². The number of hydrogen-bond acceptors (Lipinski definition) is 3. The number of nitrogens with one attached hydrogen (secondary N) is 1. The minimum atomic E-state index is -0.156. The second-order valence-electron chi connectivity index (χ2n) is 4.28. The second kappa shape index (κ2) is 6.33. The zero-order valence-corrected chi connectivity index (χ0v) is 12.3. The van der Waals surface area contributed by atoms with Crippen molar-refractivity contribution in [2.45, 2.75) is 19.9 Å². The molecule has 0 amide bonds. The Balaban J connectivity index is 2.44. The van der Waals surface area contributed by atoms with E-state index in [0.717, 1.165) is 17.7 Å². The highest BCUT2D eigenvalue weighted by Gasteiger charge is 2.19. The lowest BCUT2D eigenvalue weighted by molar-refractivity contribution is 0.597. The van der Waals surface area contributed by atoms with Crippen LogP contribution in [0.4, 0.5) is 0 Å². The zero-order valence-electron chi connectivity index (χ0n) is 10.8. The summed E-state index contributed by atoms with van der Waals surface area (Å²) in [6.07, 6.45) is 3.59. The van der Waals surface area contributed by atoms with Crippen molar-refractivity contribution in [2.75, 3.05) is 6.54 Å². The molecule has 1 heterocycles. The standard InChI is InChI=1S/C14H15Cl2N3/c1-3-17-13(14-18-7-9(2)8-19-14)11-6-10(15)4-5-12(11)16/h4-8,13,17H,3H2,1-2H3. The van der Waals surface area contributed by atoms with Crippen molar-refractivity contribution in [2.24, 2.45) is 0 Å². The molecule has 3 nitrogen and oxygen atoms in total. The van der Waals surface area contributed by atoms with Crippen molar-refractivity contribution >= 4 is 23.2 Å². The van der Waals surface area contributed by atoms with Gasteiger partial charge in [-0.05, 0) is 42.8 Å². The second-order valence-corrected chi connectivity index (χ2v) is 5.12. The summed E-state index contributed by atoms with van der Waals surface area (Å²) in [4.78, 5) is 8.74. The maximum Gasteiger partial charge on any atom is 0.149 e. The van der Waals surface area contributed by atoms with Gasteiger partial charge in [0.25, 0.3) is 0 Å². The van der Waals surface area contributed by atoms with E-state index in [9.17, 15) is 0 Å². The number of hydrogen-bond donors (Lipinski definition) is 1. The Bertz CT molecular complexity index is 555. The van der Waals surface area contributed by atoms with E-state index in [4.69, 9.17) is 23.2 Å². The summed E-state index contributed by atoms with van der Waals surface area (Å²) in [5.41, 5.74) is 1.91. The summed E-state index contributed by atoms with van der Waals surface area (Å²) in [5.74, 6) is 0.691. The van der Waals surface area contributed by atoms with Crippen molar-refractivity contribution in [3.8, 4) is 0 Å². The van der Waals surface area contributed by atoms with E-state index in [1.807, 2.05) is 19.9 Å². The van der Waals surface area contributed by atoms with Crippen molar-refractivity contribution in [3.63, 3.8) is 0 Å². The monoisotopic (exact) mass is 295 g/mol. The van der Waals surface area contributed by atoms with Crippen LogP contribution >= 0.6 is 23.2 Å². The summed E-state index contributed by atoms with van der Waals surface area (Å²) in [5, 5.41) is 4.63. The highest BCUT2D eigenvalue weighted by Crippen LogP contribution is 2.29. The lowest BCUT2D eigenvalue weighted by Gasteiger charge is -2.18. The van der Waals surface area contributed by atoms with Gasteiger partial charge >= 0.3 is 0 Å². The molecule has 0 aliphatic heterocycles. The molecule has 5 heteroatoms. The first-order chi connectivity index (χ1) is 9.11. The first-order valence-corrected chi connectivity index (χ1v) is 6.84. The van der Waals surface area contributed by atoms with Gasteiger partial charge in [0.05, 0.1) is 6.04 Å². The predicted molar refractivity (Wildman–Crippen MR) is 78.8 cm³/mol. The molecule has 100 valence electrons. The number of aromatic nitrogens is 2. The summed E-state index contributed by atoms with van der Waals surface area (Å²) >= 11 is 12.3. The molecule has 0 saturated carbocycles. The normalized spacial score (nSPS) is 12.4. The molecule has 1 unspecified atom stereocenters. The molecule has 1 aromatic carbocycles. The van der Waals surface area contributed by atoms with Crippen LogP contribution in [-0.4, -0.2) is 16.5 Å². The van der Waals surface area contributed by atoms with Crippen LogP contribution in [0.1, 0.15) is 29.9 Å². The van der Waals surface area contributed by atoms with E-state index in [2.05, 4.69) is 15.3 Å². The average Bonchev–Trinajstić information content (AvgIpc) is 2.40. The number of aryl methyl sites for hydroxylation is 1. The summed E-state index contributed by atoms with van der Waals surface area (Å²) in [7, 11) is 0. The molecule has 0 saturated heterocycles. The molecule has 1 N–H and O–H groups in total. The van der Waals surface area contributed by atoms with Gasteiger partial charge in [0.1, 0.15) is 5.82 Å². The Morgan fingerprint density at radius 2 is 1.89 bits per heavy atom. The highest BCUT2D eigenvalue weighted by atomic mass is 35.5. The van der Waals surface area contributed by atoms with Gasteiger partial charge < -0.3 is 5.32 Å². The molecule has 0 aliphatic rings. The lowest BCUT2D eigenvalue weighted by Crippen LogP contribution is -2.24. The van der Waals surface area contributed by atoms with Gasteiger partial charge in [0, 0.05) is 22.4 Å². The van der Waals surface area contributed by atoms with Gasteiger partial charge in [-0.15, -0.1) is 0 Å². The van der Waals surface area contributed by atoms with Gasteiger partial charge in [-0.25, -0.2) is 9.97 Å². The van der Waals surface area contributed by atoms with Gasteiger partial charge in [-0.3, -0.25) is 0 Å². The summed E-state index contributed by atoms with van der Waals surface area (Å²) in [6, 6.07) is 5.25. The molecule has 0 aliphatic carbocycles. The van der Waals surface area contributed by atoms with E-state index in [1.165, 1.54) is 0 Å². The van der Waals surface area contributed by atoms with Crippen LogP contribution in [0, 0.1) is 6.92 Å². The SMILES string of the molecule is CCNC(c1ncc(C)cn1)c1cc(Cl)ccc1Cl. The van der Waals surface area contributed by atoms with Crippen molar-refractivity contribution < 1.29 is 0 Å². The van der Waals surface area contributed by atoms with Crippen molar-refractivity contribution in [1.29, 1.82) is 0 Å². The van der Waals surface area contributed by atoms with Crippen molar-refractivity contribution in [3.05, 3.63) is 57.6 Å². The quantitative estimate of drug-likeness (QED) is 0.932. The molecule has 2 aromatic rings. The van der Waals surface area contributed by atoms with E-state index < -0.39 is 0 Å². The molecule has 2 rings (SSSR count). The highest BCUT2D eigenvalue weighted by molar-refractivity contribution is 6.33. The Morgan fingerprint density at radius 1 is 1.21 bits per heavy atom. The number of benzene rings is 1. The van der Waals surface area contributed by atoms with Crippen LogP contribution in [0.5, 0.6) is 0 Å². The fraction of sp³-hybridized carbons (Fsp3) is 0.286. The summed E-state index contributed by atoms with van der Waals surface area (Å²) < 4.78 is 0. The third kappa shape index (κ3) is 3.44. The lowest BCUT2D eigenvalue weighted by atomic mass is 10.1. The van der Waals surface area contributed by atoms with E-state index in [0.29, 0.717) is 15.9 Å². The van der Waals surface area contributed by atoms with Crippen LogP contribution in [0.15, 0.2) is 30.6 Å². The molecule has 0 fully saturated rings. The van der Waals surface area contributed by atoms with E-state index in [1.54, 1.807) is 24.5 Å². The van der Waals surface area contributed by atoms with Gasteiger partial charge in [0.2, 0.25) is 0 Å². The third-order valence-electron chi connectivity index (χ3n) is 2.74. The van der Waals surface area contributed by atoms with Crippen LogP contribution in [0.2, 0.25) is 10.0 Å². The average molecular weight is 296 g/mol. The fourth-order valence-electron chi connectivity index (χ4n) is 1.83. The van der Waals surface area contributed by atoms with Crippen LogP contribution < -0.4 is 5.32 Å². The minimum absolute atomic E-state index is 0.156. The molecule has 0 radical (unpaired) electrons. The zero-order chi connectivity index (χ0) is 13.8. The maximum atomic E-state index is 6.25. The van der Waals surface area contributed by atoms with Crippen molar-refractivity contribution in [1.82, 2.24) is 15.3 Å². The smallest absolute Gasteiger partial charge is 0.149 e. The Kier molecular flexibility index (Phi) is 4.75. The molecule has 1 atom stereocenters. The topological polar surface area (TPSA) is 37.8 Å². The van der Waals surface area contributed by atoms with E-state index in [-0.39, 0.29) is 6.04 Å². The first-order valence-electron chi connectivity index (χ1n) is 6.08. The molecular weight excluding hydrogens is 281 g/mol. The minimum Gasteiger partial charge on any atom is -0.304 e. The number of nitrogens with zero attached hydrogens (tertiary/aromatic N) is 2. The fourth-order valence-corrected chi connectivity index (χ4v) is 2.24. The number of halogens is 2. The third-order valence-corrected chi connectivity index (χ3v) is 3.32. The Labute approximate surface area is 123 Å². The largest absolute Gasteiger partial charge is 0.304 e. The maximum absolute atomic E-state index is 6.25. The molecular formula is C14H15Cl2N3. The summed E-state index contributed by atoms with van der Waals surface area (Å²) in [6.45, 7) is 4.77. The van der Waals surface area contributed by atoms with Crippen LogP contribution in [0.25, 0.3) is 0 Å².